The van der Waals surface area contributed by atoms with Gasteiger partial charge in [0.2, 0.25) is 0 Å². The number of aliphatic hydroxyl groups excluding tert-OH is 2. The summed E-state index contributed by atoms with van der Waals surface area (Å²) in [4.78, 5) is 0. The van der Waals surface area contributed by atoms with Gasteiger partial charge < -0.3 is 19.5 Å². The summed E-state index contributed by atoms with van der Waals surface area (Å²) in [5.41, 5.74) is 0. The van der Waals surface area contributed by atoms with Crippen LogP contribution in [0.15, 0.2) is 23.7 Å². The van der Waals surface area contributed by atoms with Gasteiger partial charge >= 0.3 is 0 Å². The fraction of sp³-hybridized carbons (Fsp3) is 0.417. The monoisotopic (exact) mass is 283 g/mol. The number of thiophene rings is 1. The molecule has 2 aromatic heterocycles. The van der Waals surface area contributed by atoms with Crippen LogP contribution in [0.5, 0.6) is 0 Å². The number of fused-ring (bicyclic) bond motifs is 1. The first kappa shape index (κ1) is 12.3. The third-order valence-corrected chi connectivity index (χ3v) is 4.71. The Labute approximate surface area is 113 Å². The van der Waals surface area contributed by atoms with E-state index in [0.717, 1.165) is 14.7 Å². The molecule has 0 spiro atoms. The van der Waals surface area contributed by atoms with Crippen LogP contribution in [0.4, 0.5) is 0 Å². The lowest BCUT2D eigenvalue weighted by atomic mass is 10.2. The molecule has 0 saturated carbocycles. The minimum atomic E-state index is -0.638. The van der Waals surface area contributed by atoms with Gasteiger partial charge in [-0.3, -0.25) is 0 Å². The molecule has 0 amide bonds. The smallest absolute Gasteiger partial charge is 0.137 e. The number of aliphatic hydroxyl groups is 2. The van der Waals surface area contributed by atoms with Crippen molar-refractivity contribution in [2.24, 2.45) is 0 Å². The van der Waals surface area contributed by atoms with Gasteiger partial charge in [0.15, 0.2) is 0 Å². The Kier molecular flexibility index (Phi) is 3.21. The quantitative estimate of drug-likeness (QED) is 0.829. The molecule has 1 aliphatic heterocycles. The minimum Gasteiger partial charge on any atom is -0.394 e. The van der Waals surface area contributed by atoms with Crippen LogP contribution < -0.4 is 0 Å². The molecule has 2 aromatic rings. The number of pyridine rings is 1. The summed E-state index contributed by atoms with van der Waals surface area (Å²) in [6.45, 7) is -0.174. The third kappa shape index (κ3) is 1.90. The molecular weight excluding hydrogens is 270 g/mol. The van der Waals surface area contributed by atoms with E-state index < -0.39 is 12.2 Å². The van der Waals surface area contributed by atoms with Crippen molar-refractivity contribution in [3.63, 3.8) is 0 Å². The van der Waals surface area contributed by atoms with E-state index in [-0.39, 0.29) is 12.8 Å². The summed E-state index contributed by atoms with van der Waals surface area (Å²) >= 11 is 7.05. The van der Waals surface area contributed by atoms with Crippen LogP contribution in [0.2, 0.25) is 0 Å². The Bertz CT molecular complexity index is 621. The standard InChI is InChI=1S/C12H13NO3S2/c14-6-9-8(15)5-10(16-9)13-3-1-7-2-4-18-11(7)12(13)17/h1-4,8-10,14-15H,5-6H2/t8?,9-,10-/m1/s1. The van der Waals surface area contributed by atoms with Gasteiger partial charge in [-0.15, -0.1) is 11.3 Å². The number of ether oxygens (including phenoxy) is 1. The topological polar surface area (TPSA) is 54.6 Å². The van der Waals surface area contributed by atoms with Gasteiger partial charge in [0.05, 0.1) is 17.4 Å². The number of hydrogen-bond acceptors (Lipinski definition) is 5. The lowest BCUT2D eigenvalue weighted by Crippen LogP contribution is -2.24. The molecule has 0 radical (unpaired) electrons. The first-order chi connectivity index (χ1) is 8.70. The van der Waals surface area contributed by atoms with Crippen molar-refractivity contribution in [1.29, 1.82) is 0 Å². The van der Waals surface area contributed by atoms with Crippen molar-refractivity contribution in [2.75, 3.05) is 6.61 Å². The summed E-state index contributed by atoms with van der Waals surface area (Å²) in [6.07, 6.45) is 0.887. The molecule has 1 aliphatic rings. The maximum absolute atomic E-state index is 9.76. The molecule has 3 rings (SSSR count). The van der Waals surface area contributed by atoms with Crippen molar-refractivity contribution in [1.82, 2.24) is 4.57 Å². The highest BCUT2D eigenvalue weighted by Crippen LogP contribution is 2.31. The second-order valence-electron chi connectivity index (χ2n) is 4.35. The first-order valence-electron chi connectivity index (χ1n) is 5.73. The summed E-state index contributed by atoms with van der Waals surface area (Å²) < 4.78 is 9.24. The van der Waals surface area contributed by atoms with Crippen molar-refractivity contribution < 1.29 is 14.9 Å². The number of hydrogen-bond donors (Lipinski definition) is 2. The average molecular weight is 283 g/mol. The van der Waals surface area contributed by atoms with E-state index in [2.05, 4.69) is 0 Å². The maximum Gasteiger partial charge on any atom is 0.137 e. The van der Waals surface area contributed by atoms with Gasteiger partial charge in [0.1, 0.15) is 17.0 Å². The molecule has 3 atom stereocenters. The highest BCUT2D eigenvalue weighted by Gasteiger charge is 2.34. The summed E-state index contributed by atoms with van der Waals surface area (Å²) in [7, 11) is 0. The van der Waals surface area contributed by atoms with E-state index in [1.165, 1.54) is 0 Å². The van der Waals surface area contributed by atoms with Crippen LogP contribution in [-0.2, 0) is 4.74 Å². The fourth-order valence-electron chi connectivity index (χ4n) is 2.25. The predicted molar refractivity (Wildman–Crippen MR) is 72.3 cm³/mol. The molecule has 3 heterocycles. The molecule has 18 heavy (non-hydrogen) atoms. The number of aromatic nitrogens is 1. The molecule has 0 bridgehead atoms. The largest absolute Gasteiger partial charge is 0.394 e. The molecule has 1 fully saturated rings. The van der Waals surface area contributed by atoms with Crippen LogP contribution in [-0.4, -0.2) is 33.6 Å². The molecule has 1 unspecified atom stereocenters. The number of nitrogens with zero attached hydrogens (tertiary/aromatic N) is 1. The van der Waals surface area contributed by atoms with Gasteiger partial charge in [-0.2, -0.15) is 0 Å². The molecular formula is C12H13NO3S2. The van der Waals surface area contributed by atoms with Crippen LogP contribution in [0.25, 0.3) is 10.1 Å². The van der Waals surface area contributed by atoms with E-state index in [1.54, 1.807) is 11.3 Å². The van der Waals surface area contributed by atoms with Gasteiger partial charge in [-0.1, -0.05) is 12.2 Å². The van der Waals surface area contributed by atoms with Crippen LogP contribution in [0, 0.1) is 4.64 Å². The minimum absolute atomic E-state index is 0.174. The van der Waals surface area contributed by atoms with Gasteiger partial charge in [0.25, 0.3) is 0 Å². The molecule has 0 aromatic carbocycles. The normalized spacial score (nSPS) is 28.0. The van der Waals surface area contributed by atoms with Crippen molar-refractivity contribution >= 4 is 33.6 Å². The van der Waals surface area contributed by atoms with Crippen molar-refractivity contribution in [3.8, 4) is 0 Å². The molecule has 1 saturated heterocycles. The Balaban J connectivity index is 2.00. The summed E-state index contributed by atoms with van der Waals surface area (Å²) in [5.74, 6) is 0. The van der Waals surface area contributed by atoms with E-state index >= 15 is 0 Å². The molecule has 6 heteroatoms. The average Bonchev–Trinajstić information content (AvgIpc) is 2.96. The van der Waals surface area contributed by atoms with E-state index in [9.17, 15) is 5.11 Å². The zero-order valence-corrected chi connectivity index (χ0v) is 11.2. The molecule has 2 N–H and O–H groups in total. The Morgan fingerprint density at radius 3 is 3.06 bits per heavy atom. The number of rotatable bonds is 2. The van der Waals surface area contributed by atoms with E-state index in [1.807, 2.05) is 28.3 Å². The van der Waals surface area contributed by atoms with Gasteiger partial charge in [-0.05, 0) is 22.9 Å². The summed E-state index contributed by atoms with van der Waals surface area (Å²) in [6, 6.07) is 4.02. The van der Waals surface area contributed by atoms with Crippen LogP contribution in [0.3, 0.4) is 0 Å². The predicted octanol–water partition coefficient (Wildman–Crippen LogP) is 2.07. The highest BCUT2D eigenvalue weighted by molar-refractivity contribution is 7.71. The molecule has 0 aliphatic carbocycles. The Morgan fingerprint density at radius 2 is 2.33 bits per heavy atom. The lowest BCUT2D eigenvalue weighted by molar-refractivity contribution is -0.0447. The van der Waals surface area contributed by atoms with Crippen molar-refractivity contribution in [2.45, 2.75) is 24.9 Å². The van der Waals surface area contributed by atoms with Gasteiger partial charge in [-0.25, -0.2) is 0 Å². The maximum atomic E-state index is 9.76. The summed E-state index contributed by atoms with van der Waals surface area (Å²) in [5, 5.41) is 22.0. The van der Waals surface area contributed by atoms with E-state index in [0.29, 0.717) is 6.42 Å². The highest BCUT2D eigenvalue weighted by atomic mass is 32.1. The zero-order valence-electron chi connectivity index (χ0n) is 9.52. The van der Waals surface area contributed by atoms with Gasteiger partial charge in [0, 0.05) is 12.6 Å². The zero-order chi connectivity index (χ0) is 12.7. The first-order valence-corrected chi connectivity index (χ1v) is 7.02. The Morgan fingerprint density at radius 1 is 1.50 bits per heavy atom. The Hall–Kier alpha value is -0.790. The van der Waals surface area contributed by atoms with Crippen molar-refractivity contribution in [3.05, 3.63) is 28.4 Å². The fourth-order valence-corrected chi connectivity index (χ4v) is 3.52. The van der Waals surface area contributed by atoms with Crippen LogP contribution in [0.1, 0.15) is 12.6 Å². The SMILES string of the molecule is OC[C@H]1O[C@@H](n2ccc3ccsc3c2=S)CC1O. The second-order valence-corrected chi connectivity index (χ2v) is 5.65. The van der Waals surface area contributed by atoms with E-state index in [4.69, 9.17) is 22.1 Å². The second kappa shape index (κ2) is 4.71. The third-order valence-electron chi connectivity index (χ3n) is 3.23. The lowest BCUT2D eigenvalue weighted by Gasteiger charge is -2.16. The molecule has 96 valence electrons. The molecule has 4 nitrogen and oxygen atoms in total. The van der Waals surface area contributed by atoms with Crippen LogP contribution >= 0.6 is 23.6 Å².